The molecule has 0 saturated carbocycles. The molecule has 2 rings (SSSR count). The second-order valence-electron chi connectivity index (χ2n) is 5.32. The van der Waals surface area contributed by atoms with Crippen LogP contribution in [0.25, 0.3) is 10.9 Å². The van der Waals surface area contributed by atoms with E-state index in [1.807, 2.05) is 10.8 Å². The Balaban J connectivity index is 2.06. The zero-order valence-electron chi connectivity index (χ0n) is 13.0. The minimum Gasteiger partial charge on any atom is -0.355 e. The fourth-order valence-corrected chi connectivity index (χ4v) is 2.36. The Morgan fingerprint density at radius 1 is 1.24 bits per heavy atom. The Hall–Kier alpha value is -1.81. The Labute approximate surface area is 126 Å². The molecule has 0 atom stereocenters. The van der Waals surface area contributed by atoms with Gasteiger partial charge in [-0.05, 0) is 36.0 Å². The van der Waals surface area contributed by atoms with E-state index in [0.717, 1.165) is 38.0 Å². The molecule has 1 aromatic heterocycles. The number of rotatable bonds is 8. The number of carbonyl (C=O) groups is 1. The summed E-state index contributed by atoms with van der Waals surface area (Å²) in [5.74, 6) is 0.0815. The maximum Gasteiger partial charge on any atom is 0.239 e. The topological polar surface area (TPSA) is 46.1 Å². The van der Waals surface area contributed by atoms with E-state index in [-0.39, 0.29) is 5.91 Å². The Kier molecular flexibility index (Phi) is 5.81. The number of carbonyl (C=O) groups excluding carboxylic acids is 1. The van der Waals surface area contributed by atoms with E-state index in [1.54, 1.807) is 0 Å². The van der Waals surface area contributed by atoms with Crippen LogP contribution in [0.1, 0.15) is 32.3 Å². The van der Waals surface area contributed by atoms with Crippen LogP contribution in [0.3, 0.4) is 0 Å². The molecule has 1 heterocycles. The van der Waals surface area contributed by atoms with E-state index in [2.05, 4.69) is 48.7 Å². The SMILES string of the molecule is CCCCNC(=O)Cn1ccc2ccc(CNCC)cc21. The van der Waals surface area contributed by atoms with Gasteiger partial charge in [-0.25, -0.2) is 0 Å². The predicted molar refractivity (Wildman–Crippen MR) is 87.2 cm³/mol. The number of fused-ring (bicyclic) bond motifs is 1. The summed E-state index contributed by atoms with van der Waals surface area (Å²) in [6.45, 7) is 7.19. The highest BCUT2D eigenvalue weighted by Crippen LogP contribution is 2.17. The third-order valence-electron chi connectivity index (χ3n) is 3.58. The molecule has 1 aromatic carbocycles. The van der Waals surface area contributed by atoms with Gasteiger partial charge in [-0.1, -0.05) is 32.4 Å². The van der Waals surface area contributed by atoms with E-state index < -0.39 is 0 Å². The second kappa shape index (κ2) is 7.84. The molecule has 0 radical (unpaired) electrons. The number of benzene rings is 1. The fraction of sp³-hybridized carbons (Fsp3) is 0.471. The van der Waals surface area contributed by atoms with Crippen molar-refractivity contribution in [3.8, 4) is 0 Å². The van der Waals surface area contributed by atoms with Crippen LogP contribution < -0.4 is 10.6 Å². The van der Waals surface area contributed by atoms with Gasteiger partial charge in [0.25, 0.3) is 0 Å². The first kappa shape index (κ1) is 15.6. The van der Waals surface area contributed by atoms with E-state index in [4.69, 9.17) is 0 Å². The van der Waals surface area contributed by atoms with Crippen molar-refractivity contribution in [3.63, 3.8) is 0 Å². The minimum atomic E-state index is 0.0815. The van der Waals surface area contributed by atoms with Gasteiger partial charge in [0.05, 0.1) is 0 Å². The van der Waals surface area contributed by atoms with Crippen LogP contribution in [0.4, 0.5) is 0 Å². The number of unbranched alkanes of at least 4 members (excludes halogenated alkanes) is 1. The van der Waals surface area contributed by atoms with Gasteiger partial charge in [0.1, 0.15) is 6.54 Å². The van der Waals surface area contributed by atoms with Gasteiger partial charge in [0, 0.05) is 24.8 Å². The smallest absolute Gasteiger partial charge is 0.239 e. The highest BCUT2D eigenvalue weighted by molar-refractivity contribution is 5.83. The molecule has 1 amide bonds. The normalized spacial score (nSPS) is 11.0. The van der Waals surface area contributed by atoms with Gasteiger partial charge in [-0.2, -0.15) is 0 Å². The molecule has 0 fully saturated rings. The molecule has 0 aliphatic rings. The molecule has 0 aliphatic carbocycles. The van der Waals surface area contributed by atoms with E-state index in [1.165, 1.54) is 10.9 Å². The van der Waals surface area contributed by atoms with Crippen LogP contribution in [0.15, 0.2) is 30.5 Å². The van der Waals surface area contributed by atoms with E-state index in [9.17, 15) is 4.79 Å². The van der Waals surface area contributed by atoms with Crippen molar-refractivity contribution >= 4 is 16.8 Å². The molecule has 2 N–H and O–H groups in total. The van der Waals surface area contributed by atoms with Crippen LogP contribution >= 0.6 is 0 Å². The Bertz CT molecular complexity index is 589. The first-order valence-electron chi connectivity index (χ1n) is 7.79. The third kappa shape index (κ3) is 4.33. The summed E-state index contributed by atoms with van der Waals surface area (Å²) in [5.41, 5.74) is 2.37. The van der Waals surface area contributed by atoms with Gasteiger partial charge < -0.3 is 15.2 Å². The molecule has 114 valence electrons. The maximum atomic E-state index is 11.9. The molecule has 0 unspecified atom stereocenters. The highest BCUT2D eigenvalue weighted by Gasteiger charge is 2.06. The van der Waals surface area contributed by atoms with Crippen molar-refractivity contribution in [2.75, 3.05) is 13.1 Å². The van der Waals surface area contributed by atoms with Crippen molar-refractivity contribution in [2.45, 2.75) is 39.8 Å². The number of amides is 1. The van der Waals surface area contributed by atoms with Gasteiger partial charge >= 0.3 is 0 Å². The number of nitrogens with zero attached hydrogens (tertiary/aromatic N) is 1. The number of hydrogen-bond donors (Lipinski definition) is 2. The molecule has 0 bridgehead atoms. The maximum absolute atomic E-state index is 11.9. The Morgan fingerprint density at radius 3 is 2.86 bits per heavy atom. The van der Waals surface area contributed by atoms with Crippen LogP contribution in [0.2, 0.25) is 0 Å². The quantitative estimate of drug-likeness (QED) is 0.733. The van der Waals surface area contributed by atoms with Crippen LogP contribution in [0.5, 0.6) is 0 Å². The Morgan fingerprint density at radius 2 is 2.10 bits per heavy atom. The molecular weight excluding hydrogens is 262 g/mol. The summed E-state index contributed by atoms with van der Waals surface area (Å²) in [7, 11) is 0. The molecule has 4 heteroatoms. The lowest BCUT2D eigenvalue weighted by Crippen LogP contribution is -2.28. The number of hydrogen-bond acceptors (Lipinski definition) is 2. The lowest BCUT2D eigenvalue weighted by Gasteiger charge is -2.08. The average Bonchev–Trinajstić information content (AvgIpc) is 2.88. The van der Waals surface area contributed by atoms with Crippen molar-refractivity contribution in [2.24, 2.45) is 0 Å². The average molecular weight is 287 g/mol. The fourth-order valence-electron chi connectivity index (χ4n) is 2.36. The summed E-state index contributed by atoms with van der Waals surface area (Å²) < 4.78 is 2.02. The lowest BCUT2D eigenvalue weighted by atomic mass is 10.1. The van der Waals surface area contributed by atoms with Crippen LogP contribution in [0, 0.1) is 0 Å². The molecule has 4 nitrogen and oxygen atoms in total. The molecule has 0 saturated heterocycles. The predicted octanol–water partition coefficient (Wildman–Crippen LogP) is 2.67. The zero-order valence-corrected chi connectivity index (χ0v) is 13.0. The molecule has 21 heavy (non-hydrogen) atoms. The zero-order chi connectivity index (χ0) is 15.1. The van der Waals surface area contributed by atoms with Gasteiger partial charge in [0.15, 0.2) is 0 Å². The van der Waals surface area contributed by atoms with E-state index >= 15 is 0 Å². The van der Waals surface area contributed by atoms with Crippen molar-refractivity contribution in [3.05, 3.63) is 36.0 Å². The van der Waals surface area contributed by atoms with Crippen molar-refractivity contribution in [1.82, 2.24) is 15.2 Å². The minimum absolute atomic E-state index is 0.0815. The van der Waals surface area contributed by atoms with Crippen molar-refractivity contribution < 1.29 is 4.79 Å². The molecule has 0 spiro atoms. The first-order valence-corrected chi connectivity index (χ1v) is 7.79. The summed E-state index contributed by atoms with van der Waals surface area (Å²) in [6, 6.07) is 8.48. The second-order valence-corrected chi connectivity index (χ2v) is 5.32. The summed E-state index contributed by atoms with van der Waals surface area (Å²) in [4.78, 5) is 11.9. The largest absolute Gasteiger partial charge is 0.355 e. The van der Waals surface area contributed by atoms with Gasteiger partial charge in [-0.3, -0.25) is 4.79 Å². The van der Waals surface area contributed by atoms with Gasteiger partial charge in [0.2, 0.25) is 5.91 Å². The monoisotopic (exact) mass is 287 g/mol. The highest BCUT2D eigenvalue weighted by atomic mass is 16.1. The summed E-state index contributed by atoms with van der Waals surface area (Å²) in [6.07, 6.45) is 4.12. The van der Waals surface area contributed by atoms with Gasteiger partial charge in [-0.15, -0.1) is 0 Å². The molecule has 0 aliphatic heterocycles. The van der Waals surface area contributed by atoms with Crippen LogP contribution in [-0.2, 0) is 17.9 Å². The van der Waals surface area contributed by atoms with Crippen LogP contribution in [-0.4, -0.2) is 23.6 Å². The summed E-state index contributed by atoms with van der Waals surface area (Å²) >= 11 is 0. The standard InChI is InChI=1S/C17H25N3O/c1-3-5-9-19-17(21)13-20-10-8-15-7-6-14(11-16(15)20)12-18-4-2/h6-8,10-11,18H,3-5,9,12-13H2,1-2H3,(H,19,21). The van der Waals surface area contributed by atoms with E-state index in [0.29, 0.717) is 6.54 Å². The third-order valence-corrected chi connectivity index (χ3v) is 3.58. The summed E-state index contributed by atoms with van der Waals surface area (Å²) in [5, 5.41) is 7.47. The molecule has 2 aromatic rings. The van der Waals surface area contributed by atoms with Crippen molar-refractivity contribution in [1.29, 1.82) is 0 Å². The lowest BCUT2D eigenvalue weighted by molar-refractivity contribution is -0.121. The molecular formula is C17H25N3O. The number of nitrogens with one attached hydrogen (secondary N) is 2. The number of aromatic nitrogens is 1. The first-order chi connectivity index (χ1) is 10.2.